The molecule has 0 unspecified atom stereocenters. The van der Waals surface area contributed by atoms with Gasteiger partial charge in [0.2, 0.25) is 17.7 Å². The van der Waals surface area contributed by atoms with Crippen molar-refractivity contribution in [1.82, 2.24) is 4.57 Å². The van der Waals surface area contributed by atoms with Crippen molar-refractivity contribution in [2.75, 3.05) is 10.2 Å². The number of aromatic nitrogens is 1. The number of nitrogens with one attached hydrogen (secondary N) is 1. The summed E-state index contributed by atoms with van der Waals surface area (Å²) < 4.78 is 41.6. The molecule has 0 spiro atoms. The number of amides is 3. The Morgan fingerprint density at radius 2 is 1.67 bits per heavy atom. The first-order valence-electron chi connectivity index (χ1n) is 12.7. The molecule has 2 aliphatic rings. The quantitative estimate of drug-likeness (QED) is 0.269. The summed E-state index contributed by atoms with van der Waals surface area (Å²) in [5, 5.41) is 12.3. The minimum atomic E-state index is -4.69. The highest BCUT2D eigenvalue weighted by atomic mass is 35.5. The Hall–Kier alpha value is -4.07. The zero-order valence-corrected chi connectivity index (χ0v) is 24.1. The number of hydrogen-bond acceptors (Lipinski definition) is 7. The van der Waals surface area contributed by atoms with Crippen molar-refractivity contribution < 1.29 is 32.7 Å². The first-order valence-corrected chi connectivity index (χ1v) is 14.8. The van der Waals surface area contributed by atoms with Gasteiger partial charge in [-0.25, -0.2) is 4.90 Å². The van der Waals surface area contributed by atoms with Crippen molar-refractivity contribution in [3.63, 3.8) is 0 Å². The van der Waals surface area contributed by atoms with Crippen LogP contribution >= 0.6 is 34.7 Å². The number of benzene rings is 3. The van der Waals surface area contributed by atoms with Gasteiger partial charge in [-0.1, -0.05) is 52.9 Å². The van der Waals surface area contributed by atoms with Gasteiger partial charge in [0.1, 0.15) is 17.5 Å². The molecule has 2 aliphatic heterocycles. The van der Waals surface area contributed by atoms with Crippen molar-refractivity contribution in [2.45, 2.75) is 28.9 Å². The van der Waals surface area contributed by atoms with Crippen molar-refractivity contribution in [1.29, 1.82) is 0 Å². The summed E-state index contributed by atoms with van der Waals surface area (Å²) in [5.74, 6) is -3.91. The Kier molecular flexibility index (Phi) is 7.35. The number of thiazole rings is 1. The highest BCUT2D eigenvalue weighted by Gasteiger charge is 2.57. The van der Waals surface area contributed by atoms with E-state index in [1.807, 2.05) is 0 Å². The van der Waals surface area contributed by atoms with Crippen LogP contribution in [0.15, 0.2) is 82.6 Å². The van der Waals surface area contributed by atoms with E-state index < -0.39 is 51.4 Å². The number of aromatic hydroxyl groups is 1. The second-order valence-corrected chi connectivity index (χ2v) is 12.4. The van der Waals surface area contributed by atoms with Crippen LogP contribution in [0.1, 0.15) is 21.9 Å². The molecule has 1 saturated heterocycles. The normalized spacial score (nSPS) is 19.7. The number of alkyl halides is 3. The molecule has 0 aliphatic carbocycles. The lowest BCUT2D eigenvalue weighted by Gasteiger charge is -2.30. The maximum atomic E-state index is 13.9. The average Bonchev–Trinajstić information content (AvgIpc) is 3.40. The molecule has 1 aromatic heterocycles. The molecule has 43 heavy (non-hydrogen) atoms. The van der Waals surface area contributed by atoms with E-state index in [-0.39, 0.29) is 18.0 Å². The Morgan fingerprint density at radius 1 is 0.977 bits per heavy atom. The fraction of sp³-hybridized carbons (Fsp3) is 0.172. The number of anilines is 2. The van der Waals surface area contributed by atoms with Crippen LogP contribution in [0.3, 0.4) is 0 Å². The lowest BCUT2D eigenvalue weighted by atomic mass is 9.83. The first kappa shape index (κ1) is 29.0. The van der Waals surface area contributed by atoms with E-state index in [4.69, 9.17) is 11.6 Å². The third-order valence-electron chi connectivity index (χ3n) is 7.16. The van der Waals surface area contributed by atoms with E-state index >= 15 is 0 Å². The lowest BCUT2D eigenvalue weighted by Crippen LogP contribution is -2.33. The second kappa shape index (κ2) is 10.9. The molecule has 3 heterocycles. The average molecular weight is 646 g/mol. The SMILES string of the molecule is O=C(Cn1c2c(sc1=O)[C@@H](c1ccc(O)cc1)[C@H]1C(=O)N(c3cccc(C(F)(F)F)c3)C(=O)[C@H]1S2)Nc1ccc(Cl)cc1. The number of rotatable bonds is 5. The van der Waals surface area contributed by atoms with Crippen LogP contribution in [-0.2, 0) is 27.1 Å². The zero-order chi connectivity index (χ0) is 30.6. The van der Waals surface area contributed by atoms with Gasteiger partial charge in [0.15, 0.2) is 0 Å². The smallest absolute Gasteiger partial charge is 0.416 e. The fourth-order valence-electron chi connectivity index (χ4n) is 5.25. The number of hydrogen-bond donors (Lipinski definition) is 2. The summed E-state index contributed by atoms with van der Waals surface area (Å²) in [6.45, 7) is -0.389. The summed E-state index contributed by atoms with van der Waals surface area (Å²) in [5.41, 5.74) is -0.259. The zero-order valence-electron chi connectivity index (χ0n) is 21.7. The summed E-state index contributed by atoms with van der Waals surface area (Å²) in [6.07, 6.45) is -4.69. The third-order valence-corrected chi connectivity index (χ3v) is 10.0. The van der Waals surface area contributed by atoms with E-state index in [0.717, 1.165) is 46.2 Å². The van der Waals surface area contributed by atoms with Crippen LogP contribution < -0.4 is 15.1 Å². The van der Waals surface area contributed by atoms with E-state index in [0.29, 0.717) is 26.2 Å². The van der Waals surface area contributed by atoms with E-state index in [2.05, 4.69) is 5.32 Å². The number of carbonyl (C=O) groups excluding carboxylic acids is 3. The van der Waals surface area contributed by atoms with Gasteiger partial charge in [-0.3, -0.25) is 23.7 Å². The standard InChI is InChI=1S/C29H19ClF3N3O5S2/c30-16-6-8-17(9-7-16)34-20(38)13-35-27-24(43-28(35)41)21(14-4-10-19(37)11-5-14)22-23(42-27)26(40)36(25(22)39)18-3-1-2-15(12-18)29(31,32)33/h1-12,21-23,37H,13H2,(H,34,38)/t21-,22+,23-/m0/s1. The van der Waals surface area contributed by atoms with Gasteiger partial charge in [-0.2, -0.15) is 13.2 Å². The van der Waals surface area contributed by atoms with Crippen LogP contribution in [0.4, 0.5) is 24.5 Å². The van der Waals surface area contributed by atoms with E-state index in [1.54, 1.807) is 36.4 Å². The molecule has 14 heteroatoms. The number of thioether (sulfide) groups is 1. The predicted molar refractivity (Wildman–Crippen MR) is 156 cm³/mol. The highest BCUT2D eigenvalue weighted by molar-refractivity contribution is 8.00. The number of carbonyl (C=O) groups is 3. The Balaban J connectivity index is 1.40. The Labute approximate surface area is 254 Å². The van der Waals surface area contributed by atoms with Gasteiger partial charge >= 0.3 is 11.0 Å². The molecular weight excluding hydrogens is 627 g/mol. The third kappa shape index (κ3) is 5.32. The van der Waals surface area contributed by atoms with Crippen molar-refractivity contribution in [2.24, 2.45) is 5.92 Å². The number of phenols is 1. The number of phenolic OH excluding ortho intramolecular Hbond substituents is 1. The molecule has 4 aromatic rings. The van der Waals surface area contributed by atoms with Crippen LogP contribution in [0, 0.1) is 5.92 Å². The molecule has 2 N–H and O–H groups in total. The van der Waals surface area contributed by atoms with Gasteiger partial charge in [0, 0.05) is 21.5 Å². The minimum Gasteiger partial charge on any atom is -0.508 e. The maximum Gasteiger partial charge on any atom is 0.416 e. The Morgan fingerprint density at radius 3 is 2.35 bits per heavy atom. The van der Waals surface area contributed by atoms with Gasteiger partial charge in [0.05, 0.1) is 22.2 Å². The van der Waals surface area contributed by atoms with Crippen LogP contribution in [-0.4, -0.2) is 32.6 Å². The molecule has 8 nitrogen and oxygen atoms in total. The largest absolute Gasteiger partial charge is 0.508 e. The fourth-order valence-corrected chi connectivity index (χ4v) is 8.15. The summed E-state index contributed by atoms with van der Waals surface area (Å²) >= 11 is 7.67. The maximum absolute atomic E-state index is 13.9. The van der Waals surface area contributed by atoms with Crippen LogP contribution in [0.25, 0.3) is 0 Å². The van der Waals surface area contributed by atoms with Gasteiger partial charge in [0.25, 0.3) is 0 Å². The summed E-state index contributed by atoms with van der Waals surface area (Å²) in [7, 11) is 0. The second-order valence-electron chi connectivity index (χ2n) is 9.87. The molecule has 0 saturated carbocycles. The van der Waals surface area contributed by atoms with Crippen molar-refractivity contribution in [3.05, 3.63) is 103 Å². The molecule has 6 rings (SSSR count). The number of imide groups is 1. The summed E-state index contributed by atoms with van der Waals surface area (Å²) in [4.78, 5) is 54.5. The van der Waals surface area contributed by atoms with Gasteiger partial charge in [-0.15, -0.1) is 0 Å². The molecule has 220 valence electrons. The first-order chi connectivity index (χ1) is 20.4. The molecule has 0 radical (unpaired) electrons. The Bertz CT molecular complexity index is 1820. The minimum absolute atomic E-state index is 0.0465. The molecule has 3 atom stereocenters. The highest BCUT2D eigenvalue weighted by Crippen LogP contribution is 2.54. The van der Waals surface area contributed by atoms with Crippen LogP contribution in [0.5, 0.6) is 5.75 Å². The monoisotopic (exact) mass is 645 g/mol. The van der Waals surface area contributed by atoms with Gasteiger partial charge in [-0.05, 0) is 60.2 Å². The van der Waals surface area contributed by atoms with Crippen molar-refractivity contribution >= 4 is 63.8 Å². The molecule has 0 bridgehead atoms. The van der Waals surface area contributed by atoms with E-state index in [1.165, 1.54) is 22.8 Å². The van der Waals surface area contributed by atoms with Crippen molar-refractivity contribution in [3.8, 4) is 5.75 Å². The predicted octanol–water partition coefficient (Wildman–Crippen LogP) is 5.72. The van der Waals surface area contributed by atoms with Crippen LogP contribution in [0.2, 0.25) is 5.02 Å². The molecule has 3 amide bonds. The molecule has 1 fully saturated rings. The number of nitrogens with zero attached hydrogens (tertiary/aromatic N) is 2. The number of halogens is 4. The number of fused-ring (bicyclic) bond motifs is 2. The molecule has 3 aromatic carbocycles. The topological polar surface area (TPSA) is 109 Å². The molecular formula is C29H19ClF3N3O5S2. The van der Waals surface area contributed by atoms with Gasteiger partial charge < -0.3 is 10.4 Å². The van der Waals surface area contributed by atoms with E-state index in [9.17, 15) is 37.5 Å². The summed E-state index contributed by atoms with van der Waals surface area (Å²) in [6, 6.07) is 16.3. The lowest BCUT2D eigenvalue weighted by molar-refractivity contribution is -0.137.